The standard InChI is InChI=1S/C22H22ClN5/c1-12-19(15-7-6-8-18-14(15)9-10-27(18)5)16(23)11-17-20(12)28-13(2)25-26-21(28)22(3,4)24-17/h6-11,24H,1-5H3. The Hall–Kier alpha value is -2.79. The van der Waals surface area contributed by atoms with Crippen LogP contribution in [0.5, 0.6) is 0 Å². The predicted octanol–water partition coefficient (Wildman–Crippen LogP) is 5.36. The molecule has 1 N–H and O–H groups in total. The molecule has 0 unspecified atom stereocenters. The fourth-order valence-electron chi connectivity index (χ4n) is 4.43. The Balaban J connectivity index is 1.86. The SMILES string of the molecule is Cc1c(-c2cccc3c2ccn3C)c(Cl)cc2c1-n1c(C)nnc1C(C)(C)N2. The number of anilines is 1. The summed E-state index contributed by atoms with van der Waals surface area (Å²) in [5.41, 5.74) is 6.25. The third kappa shape index (κ3) is 2.20. The van der Waals surface area contributed by atoms with Gasteiger partial charge in [-0.3, -0.25) is 4.57 Å². The van der Waals surface area contributed by atoms with Gasteiger partial charge in [0.1, 0.15) is 5.82 Å². The van der Waals surface area contributed by atoms with E-state index < -0.39 is 0 Å². The first-order valence-electron chi connectivity index (χ1n) is 9.38. The van der Waals surface area contributed by atoms with Crippen molar-refractivity contribution < 1.29 is 0 Å². The minimum absolute atomic E-state index is 0.328. The van der Waals surface area contributed by atoms with Crippen LogP contribution in [-0.2, 0) is 12.6 Å². The van der Waals surface area contributed by atoms with Crippen molar-refractivity contribution in [3.05, 3.63) is 58.8 Å². The predicted molar refractivity (Wildman–Crippen MR) is 114 cm³/mol. The van der Waals surface area contributed by atoms with E-state index in [1.54, 1.807) is 0 Å². The smallest absolute Gasteiger partial charge is 0.162 e. The number of fused-ring (bicyclic) bond motifs is 4. The summed E-state index contributed by atoms with van der Waals surface area (Å²) in [6, 6.07) is 10.5. The molecule has 0 spiro atoms. The van der Waals surface area contributed by atoms with Gasteiger partial charge in [0.25, 0.3) is 0 Å². The molecule has 142 valence electrons. The second kappa shape index (κ2) is 5.61. The topological polar surface area (TPSA) is 47.7 Å². The molecule has 2 aromatic heterocycles. The van der Waals surface area contributed by atoms with Gasteiger partial charge >= 0.3 is 0 Å². The summed E-state index contributed by atoms with van der Waals surface area (Å²) in [6.45, 7) is 8.34. The number of halogens is 1. The molecule has 0 aliphatic carbocycles. The average molecular weight is 392 g/mol. The van der Waals surface area contributed by atoms with Crippen molar-refractivity contribution in [2.45, 2.75) is 33.2 Å². The van der Waals surface area contributed by atoms with Crippen molar-refractivity contribution in [1.29, 1.82) is 0 Å². The number of nitrogens with zero attached hydrogens (tertiary/aromatic N) is 4. The van der Waals surface area contributed by atoms with Crippen LogP contribution in [0.15, 0.2) is 36.5 Å². The molecule has 0 saturated carbocycles. The van der Waals surface area contributed by atoms with E-state index in [1.807, 2.05) is 13.0 Å². The van der Waals surface area contributed by atoms with Crippen LogP contribution in [0, 0.1) is 13.8 Å². The van der Waals surface area contributed by atoms with Gasteiger partial charge in [-0.05, 0) is 57.0 Å². The molecular weight excluding hydrogens is 370 g/mol. The molecule has 6 heteroatoms. The molecular formula is C22H22ClN5. The summed E-state index contributed by atoms with van der Waals surface area (Å²) in [6.07, 6.45) is 2.09. The lowest BCUT2D eigenvalue weighted by atomic mass is 9.92. The van der Waals surface area contributed by atoms with Crippen LogP contribution < -0.4 is 5.32 Å². The highest BCUT2D eigenvalue weighted by Crippen LogP contribution is 2.46. The van der Waals surface area contributed by atoms with Crippen LogP contribution in [0.1, 0.15) is 31.1 Å². The van der Waals surface area contributed by atoms with Gasteiger partial charge in [-0.25, -0.2) is 0 Å². The molecule has 2 aromatic carbocycles. The van der Waals surface area contributed by atoms with E-state index in [4.69, 9.17) is 11.6 Å². The Morgan fingerprint density at radius 2 is 1.89 bits per heavy atom. The van der Waals surface area contributed by atoms with Crippen LogP contribution in [0.4, 0.5) is 5.69 Å². The van der Waals surface area contributed by atoms with Crippen molar-refractivity contribution in [2.24, 2.45) is 7.05 Å². The first-order valence-corrected chi connectivity index (χ1v) is 9.76. The number of aryl methyl sites for hydroxylation is 2. The molecule has 0 amide bonds. The quantitative estimate of drug-likeness (QED) is 0.475. The minimum Gasteiger partial charge on any atom is -0.371 e. The van der Waals surface area contributed by atoms with Crippen LogP contribution in [0.3, 0.4) is 0 Å². The van der Waals surface area contributed by atoms with Crippen molar-refractivity contribution in [1.82, 2.24) is 19.3 Å². The molecule has 0 bridgehead atoms. The molecule has 3 heterocycles. The zero-order valence-electron chi connectivity index (χ0n) is 16.6. The molecule has 1 aliphatic rings. The van der Waals surface area contributed by atoms with Crippen LogP contribution >= 0.6 is 11.6 Å². The average Bonchev–Trinajstić information content (AvgIpc) is 3.19. The number of hydrogen-bond donors (Lipinski definition) is 1. The lowest BCUT2D eigenvalue weighted by Gasteiger charge is -2.35. The Kier molecular flexibility index (Phi) is 3.47. The highest BCUT2D eigenvalue weighted by Gasteiger charge is 2.36. The second-order valence-corrected chi connectivity index (χ2v) is 8.48. The van der Waals surface area contributed by atoms with Crippen molar-refractivity contribution >= 4 is 28.2 Å². The maximum atomic E-state index is 6.85. The van der Waals surface area contributed by atoms with Gasteiger partial charge in [0.15, 0.2) is 5.82 Å². The highest BCUT2D eigenvalue weighted by molar-refractivity contribution is 6.34. The molecule has 0 atom stereocenters. The first-order chi connectivity index (χ1) is 13.3. The normalized spacial score (nSPS) is 14.6. The number of rotatable bonds is 1. The van der Waals surface area contributed by atoms with Gasteiger partial charge in [0.05, 0.1) is 21.9 Å². The molecule has 28 heavy (non-hydrogen) atoms. The van der Waals surface area contributed by atoms with E-state index in [0.717, 1.165) is 44.7 Å². The number of benzene rings is 2. The Morgan fingerprint density at radius 3 is 2.68 bits per heavy atom. The van der Waals surface area contributed by atoms with Gasteiger partial charge in [0.2, 0.25) is 0 Å². The molecule has 5 nitrogen and oxygen atoms in total. The van der Waals surface area contributed by atoms with Crippen molar-refractivity contribution in [3.63, 3.8) is 0 Å². The lowest BCUT2D eigenvalue weighted by molar-refractivity contribution is 0.535. The van der Waals surface area contributed by atoms with Gasteiger partial charge in [-0.15, -0.1) is 10.2 Å². The summed E-state index contributed by atoms with van der Waals surface area (Å²) in [5.74, 6) is 1.78. The largest absolute Gasteiger partial charge is 0.371 e. The van der Waals surface area contributed by atoms with E-state index in [1.165, 1.54) is 10.9 Å². The summed E-state index contributed by atoms with van der Waals surface area (Å²) < 4.78 is 4.29. The first kappa shape index (κ1) is 17.3. The summed E-state index contributed by atoms with van der Waals surface area (Å²) >= 11 is 6.85. The van der Waals surface area contributed by atoms with Crippen molar-refractivity contribution in [2.75, 3.05) is 5.32 Å². The van der Waals surface area contributed by atoms with Gasteiger partial charge in [0, 0.05) is 29.7 Å². The monoisotopic (exact) mass is 391 g/mol. The summed E-state index contributed by atoms with van der Waals surface area (Å²) in [5, 5.41) is 14.3. The summed E-state index contributed by atoms with van der Waals surface area (Å²) in [7, 11) is 2.06. The van der Waals surface area contributed by atoms with E-state index >= 15 is 0 Å². The minimum atomic E-state index is -0.328. The molecule has 0 saturated heterocycles. The maximum absolute atomic E-state index is 6.85. The number of hydrogen-bond acceptors (Lipinski definition) is 3. The fraction of sp³-hybridized carbons (Fsp3) is 0.273. The second-order valence-electron chi connectivity index (χ2n) is 8.08. The summed E-state index contributed by atoms with van der Waals surface area (Å²) in [4.78, 5) is 0. The Bertz CT molecular complexity index is 1260. The molecule has 0 radical (unpaired) electrons. The molecule has 1 aliphatic heterocycles. The molecule has 0 fully saturated rings. The van der Waals surface area contributed by atoms with Crippen LogP contribution in [0.25, 0.3) is 27.7 Å². The number of nitrogens with one attached hydrogen (secondary N) is 1. The number of aromatic nitrogens is 4. The Labute approximate surface area is 169 Å². The van der Waals surface area contributed by atoms with Gasteiger partial charge in [-0.2, -0.15) is 0 Å². The Morgan fingerprint density at radius 1 is 1.11 bits per heavy atom. The molecule has 4 aromatic rings. The van der Waals surface area contributed by atoms with E-state index in [2.05, 4.69) is 82.9 Å². The van der Waals surface area contributed by atoms with E-state index in [9.17, 15) is 0 Å². The zero-order valence-corrected chi connectivity index (χ0v) is 17.4. The third-order valence-electron chi connectivity index (χ3n) is 5.75. The van der Waals surface area contributed by atoms with E-state index in [0.29, 0.717) is 0 Å². The maximum Gasteiger partial charge on any atom is 0.162 e. The zero-order chi connectivity index (χ0) is 19.8. The highest BCUT2D eigenvalue weighted by atomic mass is 35.5. The lowest BCUT2D eigenvalue weighted by Crippen LogP contribution is -2.36. The fourth-order valence-corrected chi connectivity index (χ4v) is 4.78. The molecule has 5 rings (SSSR count). The van der Waals surface area contributed by atoms with Crippen molar-refractivity contribution in [3.8, 4) is 16.8 Å². The van der Waals surface area contributed by atoms with Crippen LogP contribution in [0.2, 0.25) is 5.02 Å². The van der Waals surface area contributed by atoms with Gasteiger partial charge < -0.3 is 9.88 Å². The third-order valence-corrected chi connectivity index (χ3v) is 6.05. The van der Waals surface area contributed by atoms with Gasteiger partial charge in [-0.1, -0.05) is 23.7 Å². The van der Waals surface area contributed by atoms with Crippen LogP contribution in [-0.4, -0.2) is 19.3 Å². The van der Waals surface area contributed by atoms with E-state index in [-0.39, 0.29) is 5.54 Å².